The molecule has 0 aliphatic rings. The average Bonchev–Trinajstić information content (AvgIpc) is 2.59. The van der Waals surface area contributed by atoms with Crippen molar-refractivity contribution in [1.82, 2.24) is 15.1 Å². The van der Waals surface area contributed by atoms with Gasteiger partial charge in [0.1, 0.15) is 5.75 Å². The van der Waals surface area contributed by atoms with Crippen molar-refractivity contribution in [2.24, 2.45) is 0 Å². The van der Waals surface area contributed by atoms with Gasteiger partial charge >= 0.3 is 0 Å². The van der Waals surface area contributed by atoms with Gasteiger partial charge in [0, 0.05) is 12.7 Å². The lowest BCUT2D eigenvalue weighted by atomic mass is 10.2. The Hall–Kier alpha value is -1.55. The lowest BCUT2D eigenvalue weighted by molar-refractivity contribution is 0.481. The van der Waals surface area contributed by atoms with E-state index in [0.29, 0.717) is 5.75 Å². The van der Waals surface area contributed by atoms with Crippen LogP contribution in [0.15, 0.2) is 24.4 Å². The van der Waals surface area contributed by atoms with E-state index in [1.807, 2.05) is 24.0 Å². The van der Waals surface area contributed by atoms with Gasteiger partial charge in [0.15, 0.2) is 0 Å². The van der Waals surface area contributed by atoms with E-state index in [2.05, 4.69) is 10.4 Å². The third kappa shape index (κ3) is 1.56. The molecule has 2 N–H and O–H groups in total. The third-order valence-corrected chi connectivity index (χ3v) is 2.17. The normalized spacial score (nSPS) is 10.9. The largest absolute Gasteiger partial charge is 0.507 e. The van der Waals surface area contributed by atoms with Crippen LogP contribution in [0.25, 0.3) is 10.9 Å². The molecule has 1 heterocycles. The Kier molecular flexibility index (Phi) is 2.37. The highest BCUT2D eigenvalue weighted by Gasteiger charge is 2.03. The van der Waals surface area contributed by atoms with Crippen molar-refractivity contribution in [3.63, 3.8) is 0 Å². The highest BCUT2D eigenvalue weighted by Crippen LogP contribution is 2.22. The summed E-state index contributed by atoms with van der Waals surface area (Å²) in [6, 6.07) is 5.37. The first-order valence-corrected chi connectivity index (χ1v) is 4.61. The predicted molar refractivity (Wildman–Crippen MR) is 55.3 cm³/mol. The molecule has 0 saturated heterocycles. The molecule has 0 saturated carbocycles. The molecule has 1 aromatic carbocycles. The number of phenolic OH excluding ortho intramolecular Hbond substituents is 1. The summed E-state index contributed by atoms with van der Waals surface area (Å²) in [6.07, 6.45) is 1.86. The fraction of sp³-hybridized carbons (Fsp3) is 0.300. The number of fused-ring (bicyclic) bond motifs is 1. The number of aromatic hydroxyl groups is 1. The molecule has 0 fully saturated rings. The molecule has 14 heavy (non-hydrogen) atoms. The van der Waals surface area contributed by atoms with E-state index in [1.54, 1.807) is 12.1 Å². The Balaban J connectivity index is 2.36. The molecule has 4 heteroatoms. The molecule has 4 nitrogen and oxygen atoms in total. The second-order valence-electron chi connectivity index (χ2n) is 3.21. The Morgan fingerprint density at radius 3 is 3.07 bits per heavy atom. The molecule has 2 rings (SSSR count). The molecule has 0 amide bonds. The van der Waals surface area contributed by atoms with E-state index in [4.69, 9.17) is 0 Å². The first-order valence-electron chi connectivity index (χ1n) is 4.61. The lowest BCUT2D eigenvalue weighted by Crippen LogP contribution is -2.14. The van der Waals surface area contributed by atoms with E-state index < -0.39 is 0 Å². The van der Waals surface area contributed by atoms with E-state index >= 15 is 0 Å². The predicted octanol–water partition coefficient (Wildman–Crippen LogP) is 0.961. The zero-order valence-corrected chi connectivity index (χ0v) is 8.07. The average molecular weight is 191 g/mol. The van der Waals surface area contributed by atoms with Gasteiger partial charge in [-0.3, -0.25) is 4.68 Å². The maximum atomic E-state index is 9.54. The minimum absolute atomic E-state index is 0.290. The number of hydrogen-bond donors (Lipinski definition) is 2. The Bertz CT molecular complexity index is 436. The zero-order valence-electron chi connectivity index (χ0n) is 8.07. The third-order valence-electron chi connectivity index (χ3n) is 2.17. The van der Waals surface area contributed by atoms with Gasteiger partial charge in [-0.1, -0.05) is 6.07 Å². The van der Waals surface area contributed by atoms with Crippen molar-refractivity contribution in [3.05, 3.63) is 24.4 Å². The van der Waals surface area contributed by atoms with E-state index in [9.17, 15) is 5.11 Å². The molecule has 1 aromatic heterocycles. The lowest BCUT2D eigenvalue weighted by Gasteiger charge is -1.97. The van der Waals surface area contributed by atoms with Crippen LogP contribution in [0.4, 0.5) is 0 Å². The number of aromatic nitrogens is 2. The molecule has 0 spiro atoms. The molecule has 0 unspecified atom stereocenters. The van der Waals surface area contributed by atoms with Crippen molar-refractivity contribution in [2.75, 3.05) is 13.6 Å². The topological polar surface area (TPSA) is 50.1 Å². The van der Waals surface area contributed by atoms with Crippen LogP contribution in [0, 0.1) is 0 Å². The van der Waals surface area contributed by atoms with E-state index in [0.717, 1.165) is 24.0 Å². The van der Waals surface area contributed by atoms with Crippen LogP contribution in [0.1, 0.15) is 0 Å². The van der Waals surface area contributed by atoms with Gasteiger partial charge in [-0.15, -0.1) is 0 Å². The molecular formula is C10H13N3O. The van der Waals surface area contributed by atoms with E-state index in [-0.39, 0.29) is 0 Å². The van der Waals surface area contributed by atoms with Gasteiger partial charge in [-0.05, 0) is 19.2 Å². The molecule has 0 aliphatic heterocycles. The van der Waals surface area contributed by atoms with Crippen molar-refractivity contribution in [2.45, 2.75) is 6.54 Å². The van der Waals surface area contributed by atoms with E-state index in [1.165, 1.54) is 0 Å². The number of phenols is 1. The van der Waals surface area contributed by atoms with Gasteiger partial charge in [0.2, 0.25) is 0 Å². The number of nitrogens with zero attached hydrogens (tertiary/aromatic N) is 2. The summed E-state index contributed by atoms with van der Waals surface area (Å²) in [6.45, 7) is 1.68. The van der Waals surface area contributed by atoms with Crippen molar-refractivity contribution < 1.29 is 5.11 Å². The van der Waals surface area contributed by atoms with Crippen molar-refractivity contribution >= 4 is 10.9 Å². The first-order chi connectivity index (χ1) is 6.81. The highest BCUT2D eigenvalue weighted by atomic mass is 16.3. The maximum Gasteiger partial charge on any atom is 0.126 e. The fourth-order valence-corrected chi connectivity index (χ4v) is 1.42. The van der Waals surface area contributed by atoms with Gasteiger partial charge < -0.3 is 10.4 Å². The monoisotopic (exact) mass is 191 g/mol. The van der Waals surface area contributed by atoms with Gasteiger partial charge in [-0.25, -0.2) is 0 Å². The number of hydrogen-bond acceptors (Lipinski definition) is 3. The number of benzene rings is 1. The first kappa shape index (κ1) is 9.02. The van der Waals surface area contributed by atoms with Crippen LogP contribution in [-0.2, 0) is 6.54 Å². The number of nitrogens with one attached hydrogen (secondary N) is 1. The Morgan fingerprint density at radius 1 is 1.50 bits per heavy atom. The summed E-state index contributed by atoms with van der Waals surface area (Å²) < 4.78 is 1.83. The Labute approximate surface area is 82.2 Å². The highest BCUT2D eigenvalue weighted by molar-refractivity contribution is 5.84. The van der Waals surface area contributed by atoms with Crippen LogP contribution in [0.3, 0.4) is 0 Å². The minimum Gasteiger partial charge on any atom is -0.507 e. The molecule has 74 valence electrons. The Morgan fingerprint density at radius 2 is 2.36 bits per heavy atom. The smallest absolute Gasteiger partial charge is 0.126 e. The summed E-state index contributed by atoms with van der Waals surface area (Å²) in [5.74, 6) is 0.290. The summed E-state index contributed by atoms with van der Waals surface area (Å²) in [5, 5.41) is 17.7. The molecular weight excluding hydrogens is 178 g/mol. The molecule has 0 radical (unpaired) electrons. The second kappa shape index (κ2) is 3.67. The van der Waals surface area contributed by atoms with Gasteiger partial charge in [0.05, 0.1) is 17.4 Å². The van der Waals surface area contributed by atoms with Crippen LogP contribution >= 0.6 is 0 Å². The zero-order chi connectivity index (χ0) is 9.97. The minimum atomic E-state index is 0.290. The number of likely N-dealkylation sites (N-methyl/N-ethyl adjacent to an activating group) is 1. The summed E-state index contributed by atoms with van der Waals surface area (Å²) in [4.78, 5) is 0. The quantitative estimate of drug-likeness (QED) is 0.759. The second-order valence-corrected chi connectivity index (χ2v) is 3.21. The number of rotatable bonds is 3. The van der Waals surface area contributed by atoms with Crippen LogP contribution in [-0.4, -0.2) is 28.5 Å². The summed E-state index contributed by atoms with van der Waals surface area (Å²) in [7, 11) is 1.90. The summed E-state index contributed by atoms with van der Waals surface area (Å²) >= 11 is 0. The van der Waals surface area contributed by atoms with Crippen LogP contribution in [0.5, 0.6) is 5.75 Å². The van der Waals surface area contributed by atoms with Gasteiger partial charge in [0.25, 0.3) is 0 Å². The fourth-order valence-electron chi connectivity index (χ4n) is 1.42. The van der Waals surface area contributed by atoms with Crippen LogP contribution < -0.4 is 5.32 Å². The molecule has 2 aromatic rings. The van der Waals surface area contributed by atoms with Crippen molar-refractivity contribution in [1.29, 1.82) is 0 Å². The van der Waals surface area contributed by atoms with Gasteiger partial charge in [-0.2, -0.15) is 5.10 Å². The molecule has 0 aliphatic carbocycles. The van der Waals surface area contributed by atoms with Crippen molar-refractivity contribution in [3.8, 4) is 5.75 Å². The van der Waals surface area contributed by atoms with Crippen LogP contribution in [0.2, 0.25) is 0 Å². The molecule has 0 bridgehead atoms. The summed E-state index contributed by atoms with van der Waals surface area (Å²) in [5.41, 5.74) is 0.834. The molecule has 0 atom stereocenters. The standard InChI is InChI=1S/C10H13N3O/c1-11-5-6-13-7-8-9(12-13)3-2-4-10(8)14/h2-4,7,11,14H,5-6H2,1H3. The SMILES string of the molecule is CNCCn1cc2c(O)cccc2n1. The maximum absolute atomic E-state index is 9.54.